The summed E-state index contributed by atoms with van der Waals surface area (Å²) in [6.07, 6.45) is 0. The molecule has 0 aliphatic heterocycles. The summed E-state index contributed by atoms with van der Waals surface area (Å²) in [6.45, 7) is 6.66. The third-order valence-corrected chi connectivity index (χ3v) is 5.78. The van der Waals surface area contributed by atoms with Gasteiger partial charge in [0.2, 0.25) is 0 Å². The summed E-state index contributed by atoms with van der Waals surface area (Å²) in [4.78, 5) is 2.54. The molecule has 0 fully saturated rings. The fraction of sp³-hybridized carbons (Fsp3) is 0.333. The monoisotopic (exact) mass is 405 g/mol. The maximum absolute atomic E-state index is 6.39. The molecule has 1 atom stereocenters. The van der Waals surface area contributed by atoms with Crippen molar-refractivity contribution in [2.45, 2.75) is 32.2 Å². The van der Waals surface area contributed by atoms with E-state index in [2.05, 4.69) is 55.5 Å². The van der Waals surface area contributed by atoms with Crippen molar-refractivity contribution in [1.29, 1.82) is 0 Å². The van der Waals surface area contributed by atoms with Crippen LogP contribution in [-0.2, 0) is 5.41 Å². The number of halogens is 2. The van der Waals surface area contributed by atoms with Crippen LogP contribution in [0.4, 0.5) is 0 Å². The molecule has 0 aliphatic rings. The van der Waals surface area contributed by atoms with Crippen LogP contribution in [0.3, 0.4) is 0 Å². The lowest BCUT2D eigenvalue weighted by Gasteiger charge is -2.16. The Labute approximate surface area is 137 Å². The van der Waals surface area contributed by atoms with Crippen molar-refractivity contribution in [3.8, 4) is 0 Å². The van der Waals surface area contributed by atoms with Crippen LogP contribution in [0.25, 0.3) is 0 Å². The van der Waals surface area contributed by atoms with Gasteiger partial charge in [-0.15, -0.1) is 11.3 Å². The zero-order valence-electron chi connectivity index (χ0n) is 11.2. The molecule has 1 nitrogen and oxygen atoms in total. The van der Waals surface area contributed by atoms with Gasteiger partial charge in [0.25, 0.3) is 0 Å². The van der Waals surface area contributed by atoms with Gasteiger partial charge in [0.15, 0.2) is 0 Å². The number of benzene rings is 1. The van der Waals surface area contributed by atoms with Crippen LogP contribution in [-0.4, -0.2) is 0 Å². The Hall–Kier alpha value is -0.100. The van der Waals surface area contributed by atoms with E-state index in [1.807, 2.05) is 18.2 Å². The van der Waals surface area contributed by atoms with Crippen molar-refractivity contribution in [3.05, 3.63) is 54.2 Å². The first-order valence-corrected chi connectivity index (χ1v) is 8.37. The molecule has 19 heavy (non-hydrogen) atoms. The van der Waals surface area contributed by atoms with E-state index in [0.29, 0.717) is 0 Å². The van der Waals surface area contributed by atoms with Crippen molar-refractivity contribution < 1.29 is 0 Å². The largest absolute Gasteiger partial charge is 0.320 e. The van der Waals surface area contributed by atoms with Crippen LogP contribution in [0.2, 0.25) is 5.02 Å². The number of hydrogen-bond donors (Lipinski definition) is 1. The minimum atomic E-state index is -0.105. The van der Waals surface area contributed by atoms with Crippen LogP contribution in [0.5, 0.6) is 0 Å². The third-order valence-electron chi connectivity index (χ3n) is 2.97. The Kier molecular flexibility index (Phi) is 4.60. The molecule has 0 saturated carbocycles. The maximum Gasteiger partial charge on any atom is 0.0657 e. The molecule has 2 aromatic rings. The second-order valence-electron chi connectivity index (χ2n) is 5.60. The van der Waals surface area contributed by atoms with Gasteiger partial charge >= 0.3 is 0 Å². The van der Waals surface area contributed by atoms with Crippen molar-refractivity contribution in [2.75, 3.05) is 0 Å². The Morgan fingerprint density at radius 2 is 1.89 bits per heavy atom. The fourth-order valence-electron chi connectivity index (χ4n) is 1.83. The van der Waals surface area contributed by atoms with Gasteiger partial charge in [0.05, 0.1) is 6.04 Å². The highest BCUT2D eigenvalue weighted by Gasteiger charge is 2.20. The predicted octanol–water partition coefficient (Wildman–Crippen LogP) is 5.35. The van der Waals surface area contributed by atoms with E-state index in [0.717, 1.165) is 14.2 Å². The molecule has 102 valence electrons. The first-order valence-electron chi connectivity index (χ1n) is 6.10. The molecule has 0 aliphatic carbocycles. The zero-order chi connectivity index (χ0) is 14.2. The summed E-state index contributed by atoms with van der Waals surface area (Å²) < 4.78 is 1.15. The molecule has 0 bridgehead atoms. The maximum atomic E-state index is 6.39. The Bertz CT molecular complexity index is 586. The predicted molar refractivity (Wildman–Crippen MR) is 93.2 cm³/mol. The van der Waals surface area contributed by atoms with Gasteiger partial charge in [-0.25, -0.2) is 0 Å². The SMILES string of the molecule is CC(C)(C)c1ccc(C(N)c2cc(Cl)ccc2I)s1. The lowest BCUT2D eigenvalue weighted by Crippen LogP contribution is -2.12. The lowest BCUT2D eigenvalue weighted by molar-refractivity contribution is 0.604. The number of hydrogen-bond acceptors (Lipinski definition) is 2. The minimum Gasteiger partial charge on any atom is -0.320 e. The molecule has 1 aromatic heterocycles. The van der Waals surface area contributed by atoms with Gasteiger partial charge in [-0.1, -0.05) is 32.4 Å². The summed E-state index contributed by atoms with van der Waals surface area (Å²) in [5.41, 5.74) is 7.65. The van der Waals surface area contributed by atoms with Gasteiger partial charge in [-0.3, -0.25) is 0 Å². The highest BCUT2D eigenvalue weighted by molar-refractivity contribution is 14.1. The average Bonchev–Trinajstić information content (AvgIpc) is 2.80. The van der Waals surface area contributed by atoms with Crippen LogP contribution in [0.1, 0.15) is 42.1 Å². The molecule has 1 aromatic carbocycles. The van der Waals surface area contributed by atoms with E-state index in [1.165, 1.54) is 9.75 Å². The van der Waals surface area contributed by atoms with Gasteiger partial charge in [-0.2, -0.15) is 0 Å². The fourth-order valence-corrected chi connectivity index (χ4v) is 3.77. The summed E-state index contributed by atoms with van der Waals surface area (Å²) >= 11 is 10.2. The van der Waals surface area contributed by atoms with E-state index < -0.39 is 0 Å². The molecule has 2 N–H and O–H groups in total. The van der Waals surface area contributed by atoms with Crippen molar-refractivity contribution in [3.63, 3.8) is 0 Å². The molecule has 0 spiro atoms. The standard InChI is InChI=1S/C15H17ClINS/c1-15(2,3)13-7-6-12(19-13)14(18)10-8-9(16)4-5-11(10)17/h4-8,14H,18H2,1-3H3. The zero-order valence-corrected chi connectivity index (χ0v) is 14.9. The molecule has 0 radical (unpaired) electrons. The molecule has 2 rings (SSSR count). The van der Waals surface area contributed by atoms with E-state index in [-0.39, 0.29) is 11.5 Å². The first kappa shape index (κ1) is 15.3. The van der Waals surface area contributed by atoms with Gasteiger partial charge < -0.3 is 5.73 Å². The Morgan fingerprint density at radius 3 is 2.47 bits per heavy atom. The average molecular weight is 406 g/mol. The van der Waals surface area contributed by atoms with E-state index in [4.69, 9.17) is 17.3 Å². The smallest absolute Gasteiger partial charge is 0.0657 e. The highest BCUT2D eigenvalue weighted by atomic mass is 127. The molecule has 0 amide bonds. The van der Waals surface area contributed by atoms with Crippen LogP contribution in [0.15, 0.2) is 30.3 Å². The van der Waals surface area contributed by atoms with Crippen LogP contribution >= 0.6 is 45.5 Å². The molecule has 1 heterocycles. The topological polar surface area (TPSA) is 26.0 Å². The lowest BCUT2D eigenvalue weighted by atomic mass is 9.95. The van der Waals surface area contributed by atoms with Crippen molar-refractivity contribution in [2.24, 2.45) is 5.73 Å². The summed E-state index contributed by atoms with van der Waals surface area (Å²) in [6, 6.07) is 10.1. The first-order chi connectivity index (χ1) is 8.79. The summed E-state index contributed by atoms with van der Waals surface area (Å²) in [5.74, 6) is 0. The van der Waals surface area contributed by atoms with Crippen molar-refractivity contribution in [1.82, 2.24) is 0 Å². The third kappa shape index (κ3) is 3.51. The number of nitrogens with two attached hydrogens (primary N) is 1. The molecule has 1 unspecified atom stereocenters. The second-order valence-corrected chi connectivity index (χ2v) is 8.31. The molecule has 0 saturated heterocycles. The van der Waals surface area contributed by atoms with Gasteiger partial charge in [0.1, 0.15) is 0 Å². The second kappa shape index (κ2) is 5.72. The van der Waals surface area contributed by atoms with Crippen LogP contribution < -0.4 is 5.73 Å². The van der Waals surface area contributed by atoms with E-state index >= 15 is 0 Å². The summed E-state index contributed by atoms with van der Waals surface area (Å²) in [5, 5.41) is 0.735. The summed E-state index contributed by atoms with van der Waals surface area (Å²) in [7, 11) is 0. The highest BCUT2D eigenvalue weighted by Crippen LogP contribution is 2.35. The molecular formula is C15H17ClINS. The molecule has 4 heteroatoms. The minimum absolute atomic E-state index is 0.105. The van der Waals surface area contributed by atoms with E-state index in [1.54, 1.807) is 11.3 Å². The van der Waals surface area contributed by atoms with Gasteiger partial charge in [-0.05, 0) is 63.9 Å². The van der Waals surface area contributed by atoms with E-state index in [9.17, 15) is 0 Å². The quantitative estimate of drug-likeness (QED) is 0.670. The number of thiophene rings is 1. The number of rotatable bonds is 2. The Morgan fingerprint density at radius 1 is 1.21 bits per heavy atom. The normalized spacial score (nSPS) is 13.6. The van der Waals surface area contributed by atoms with Crippen LogP contribution in [0, 0.1) is 3.57 Å². The van der Waals surface area contributed by atoms with Crippen molar-refractivity contribution >= 4 is 45.5 Å². The molecular weight excluding hydrogens is 389 g/mol. The Balaban J connectivity index is 2.36. The van der Waals surface area contributed by atoms with Gasteiger partial charge in [0, 0.05) is 18.3 Å².